The summed E-state index contributed by atoms with van der Waals surface area (Å²) in [5, 5.41) is 9.71. The third kappa shape index (κ3) is 2.12. The molecule has 0 aliphatic heterocycles. The number of hydrogen-bond donors (Lipinski definition) is 1. The minimum atomic E-state index is 1.00. The zero-order valence-corrected chi connectivity index (χ0v) is 8.91. The van der Waals surface area contributed by atoms with Crippen molar-refractivity contribution in [2.45, 2.75) is 13.8 Å². The zero-order valence-electron chi connectivity index (χ0n) is 8.91. The minimum Gasteiger partial charge on any atom is -0.400 e. The number of hydrogen-bond acceptors (Lipinski definition) is 1. The fourth-order valence-electron chi connectivity index (χ4n) is 1.69. The summed E-state index contributed by atoms with van der Waals surface area (Å²) in [6.45, 7) is 4.30. The number of aliphatic hydroxyl groups is 1. The average Bonchev–Trinajstić information content (AvgIpc) is 2.20. The van der Waals surface area contributed by atoms with Gasteiger partial charge < -0.3 is 5.11 Å². The molecular weight excluding hydrogens is 172 g/mol. The molecule has 0 atom stereocenters. The number of aliphatic hydroxyl groups excluding tert-OH is 1. The largest absolute Gasteiger partial charge is 0.400 e. The van der Waals surface area contributed by atoms with Crippen LogP contribution in [0.3, 0.4) is 0 Å². The molecule has 2 aromatic rings. The third-order valence-electron chi connectivity index (χ3n) is 2.21. The van der Waals surface area contributed by atoms with Gasteiger partial charge in [0, 0.05) is 7.11 Å². The molecule has 1 N–H and O–H groups in total. The standard InChI is InChI=1S/C12H12.CH4O/c1-9-7-10(2)12-6-4-3-5-11(12)8-9;1-2/h3-8H,1-2H3;2H,1H3. The van der Waals surface area contributed by atoms with E-state index in [0.717, 1.165) is 7.11 Å². The smallest absolute Gasteiger partial charge is 0.0319 e. The van der Waals surface area contributed by atoms with E-state index >= 15 is 0 Å². The first-order chi connectivity index (χ1) is 6.77. The molecule has 0 heterocycles. The molecule has 0 fully saturated rings. The predicted molar refractivity (Wildman–Crippen MR) is 61.6 cm³/mol. The van der Waals surface area contributed by atoms with Gasteiger partial charge in [-0.3, -0.25) is 0 Å². The van der Waals surface area contributed by atoms with Crippen LogP contribution in [0.2, 0.25) is 0 Å². The second-order valence-corrected chi connectivity index (χ2v) is 3.30. The highest BCUT2D eigenvalue weighted by Crippen LogP contribution is 2.19. The van der Waals surface area contributed by atoms with Crippen molar-refractivity contribution in [3.63, 3.8) is 0 Å². The van der Waals surface area contributed by atoms with Crippen LogP contribution in [0.1, 0.15) is 11.1 Å². The van der Waals surface area contributed by atoms with E-state index in [9.17, 15) is 0 Å². The molecular formula is C13H16O. The Morgan fingerprint density at radius 1 is 0.929 bits per heavy atom. The van der Waals surface area contributed by atoms with Gasteiger partial charge in [0.2, 0.25) is 0 Å². The molecule has 2 aromatic carbocycles. The van der Waals surface area contributed by atoms with E-state index in [1.807, 2.05) is 0 Å². The first-order valence-corrected chi connectivity index (χ1v) is 4.68. The first-order valence-electron chi connectivity index (χ1n) is 4.68. The number of benzene rings is 2. The molecule has 0 aliphatic rings. The van der Waals surface area contributed by atoms with Crippen molar-refractivity contribution in [1.29, 1.82) is 0 Å². The van der Waals surface area contributed by atoms with Gasteiger partial charge in [0.05, 0.1) is 0 Å². The molecule has 0 bridgehead atoms. The van der Waals surface area contributed by atoms with Crippen molar-refractivity contribution < 1.29 is 5.11 Å². The second-order valence-electron chi connectivity index (χ2n) is 3.30. The Hall–Kier alpha value is -1.34. The van der Waals surface area contributed by atoms with E-state index in [-0.39, 0.29) is 0 Å². The summed E-state index contributed by atoms with van der Waals surface area (Å²) in [5.41, 5.74) is 2.71. The summed E-state index contributed by atoms with van der Waals surface area (Å²) < 4.78 is 0. The summed E-state index contributed by atoms with van der Waals surface area (Å²) >= 11 is 0. The van der Waals surface area contributed by atoms with Crippen LogP contribution in [0, 0.1) is 13.8 Å². The first kappa shape index (κ1) is 10.7. The molecule has 1 nitrogen and oxygen atoms in total. The molecule has 0 amide bonds. The van der Waals surface area contributed by atoms with Gasteiger partial charge in [0.25, 0.3) is 0 Å². The molecule has 0 aliphatic carbocycles. The Balaban J connectivity index is 0.000000461. The lowest BCUT2D eigenvalue weighted by atomic mass is 10.0. The van der Waals surface area contributed by atoms with Crippen LogP contribution in [-0.2, 0) is 0 Å². The summed E-state index contributed by atoms with van der Waals surface area (Å²) in [7, 11) is 1.00. The van der Waals surface area contributed by atoms with Crippen molar-refractivity contribution in [1.82, 2.24) is 0 Å². The third-order valence-corrected chi connectivity index (χ3v) is 2.21. The maximum Gasteiger partial charge on any atom is 0.0319 e. The highest BCUT2D eigenvalue weighted by molar-refractivity contribution is 5.86. The van der Waals surface area contributed by atoms with Crippen LogP contribution >= 0.6 is 0 Å². The van der Waals surface area contributed by atoms with Gasteiger partial charge in [-0.15, -0.1) is 0 Å². The topological polar surface area (TPSA) is 20.2 Å². The van der Waals surface area contributed by atoms with E-state index in [1.54, 1.807) is 0 Å². The molecule has 0 saturated heterocycles. The highest BCUT2D eigenvalue weighted by atomic mass is 16.2. The Morgan fingerprint density at radius 3 is 2.29 bits per heavy atom. The average molecular weight is 188 g/mol. The fourth-order valence-corrected chi connectivity index (χ4v) is 1.69. The van der Waals surface area contributed by atoms with Crippen LogP contribution < -0.4 is 0 Å². The van der Waals surface area contributed by atoms with Crippen LogP contribution in [0.4, 0.5) is 0 Å². The maximum atomic E-state index is 7.00. The number of aryl methyl sites for hydroxylation is 2. The van der Waals surface area contributed by atoms with E-state index in [0.29, 0.717) is 0 Å². The Labute approximate surface area is 85.0 Å². The summed E-state index contributed by atoms with van der Waals surface area (Å²) in [6.07, 6.45) is 0. The van der Waals surface area contributed by atoms with E-state index in [4.69, 9.17) is 5.11 Å². The normalized spacial score (nSPS) is 9.43. The van der Waals surface area contributed by atoms with Crippen molar-refractivity contribution in [3.8, 4) is 0 Å². The number of fused-ring (bicyclic) bond motifs is 1. The van der Waals surface area contributed by atoms with Crippen LogP contribution in [0.5, 0.6) is 0 Å². The summed E-state index contributed by atoms with van der Waals surface area (Å²) in [5.74, 6) is 0. The molecule has 1 heteroatoms. The lowest BCUT2D eigenvalue weighted by Crippen LogP contribution is -1.80. The van der Waals surface area contributed by atoms with Gasteiger partial charge in [-0.2, -0.15) is 0 Å². The minimum absolute atomic E-state index is 1.00. The van der Waals surface area contributed by atoms with E-state index < -0.39 is 0 Å². The van der Waals surface area contributed by atoms with Gasteiger partial charge in [-0.25, -0.2) is 0 Å². The van der Waals surface area contributed by atoms with Crippen LogP contribution in [0.25, 0.3) is 10.8 Å². The molecule has 2 rings (SSSR count). The van der Waals surface area contributed by atoms with E-state index in [2.05, 4.69) is 50.2 Å². The van der Waals surface area contributed by atoms with Gasteiger partial charge in [-0.05, 0) is 30.2 Å². The quantitative estimate of drug-likeness (QED) is 0.673. The van der Waals surface area contributed by atoms with Crippen molar-refractivity contribution in [3.05, 3.63) is 47.5 Å². The molecule has 0 aromatic heterocycles. The van der Waals surface area contributed by atoms with Crippen molar-refractivity contribution in [2.24, 2.45) is 0 Å². The number of rotatable bonds is 0. The fraction of sp³-hybridized carbons (Fsp3) is 0.231. The lowest BCUT2D eigenvalue weighted by Gasteiger charge is -2.02. The van der Waals surface area contributed by atoms with Crippen molar-refractivity contribution >= 4 is 10.8 Å². The van der Waals surface area contributed by atoms with Gasteiger partial charge >= 0.3 is 0 Å². The monoisotopic (exact) mass is 188 g/mol. The van der Waals surface area contributed by atoms with Crippen LogP contribution in [-0.4, -0.2) is 12.2 Å². The summed E-state index contributed by atoms with van der Waals surface area (Å²) in [6, 6.07) is 13.0. The maximum absolute atomic E-state index is 7.00. The molecule has 74 valence electrons. The molecule has 0 unspecified atom stereocenters. The van der Waals surface area contributed by atoms with Crippen LogP contribution in [0.15, 0.2) is 36.4 Å². The SMILES string of the molecule is CO.Cc1cc(C)c2ccccc2c1. The Kier molecular flexibility index (Phi) is 3.66. The van der Waals surface area contributed by atoms with Gasteiger partial charge in [0.1, 0.15) is 0 Å². The predicted octanol–water partition coefficient (Wildman–Crippen LogP) is 3.07. The van der Waals surface area contributed by atoms with E-state index in [1.165, 1.54) is 21.9 Å². The Morgan fingerprint density at radius 2 is 1.57 bits per heavy atom. The van der Waals surface area contributed by atoms with Crippen molar-refractivity contribution in [2.75, 3.05) is 7.11 Å². The Bertz CT molecular complexity index is 419. The van der Waals surface area contributed by atoms with Gasteiger partial charge in [-0.1, -0.05) is 42.0 Å². The molecule has 0 spiro atoms. The highest BCUT2D eigenvalue weighted by Gasteiger charge is 1.95. The molecule has 0 radical (unpaired) electrons. The second kappa shape index (κ2) is 4.77. The zero-order chi connectivity index (χ0) is 10.6. The molecule has 14 heavy (non-hydrogen) atoms. The van der Waals surface area contributed by atoms with Gasteiger partial charge in [0.15, 0.2) is 0 Å². The molecule has 0 saturated carbocycles. The summed E-state index contributed by atoms with van der Waals surface area (Å²) in [4.78, 5) is 0. The lowest BCUT2D eigenvalue weighted by molar-refractivity contribution is 0.399.